The lowest BCUT2D eigenvalue weighted by Gasteiger charge is -2.15. The van der Waals surface area contributed by atoms with E-state index in [1.54, 1.807) is 30.3 Å². The van der Waals surface area contributed by atoms with Crippen LogP contribution in [0.5, 0.6) is 5.75 Å². The summed E-state index contributed by atoms with van der Waals surface area (Å²) in [7, 11) is 0. The third-order valence-corrected chi connectivity index (χ3v) is 7.40. The summed E-state index contributed by atoms with van der Waals surface area (Å²) in [5.41, 5.74) is 2.97. The highest BCUT2D eigenvalue weighted by Gasteiger charge is 2.17. The Bertz CT molecular complexity index is 1270. The molecule has 0 radical (unpaired) electrons. The normalized spacial score (nSPS) is 11.7. The number of unbranched alkanes of at least 4 members (excludes halogenated alkanes) is 7. The molecule has 3 aromatic carbocycles. The summed E-state index contributed by atoms with van der Waals surface area (Å²) in [5.74, 6) is -1.47. The van der Waals surface area contributed by atoms with E-state index >= 15 is 4.39 Å². The minimum absolute atomic E-state index is 0.105. The lowest BCUT2D eigenvalue weighted by Crippen LogP contribution is -2.13. The number of benzene rings is 3. The van der Waals surface area contributed by atoms with Crippen LogP contribution < -0.4 is 4.74 Å². The molecule has 5 nitrogen and oxygen atoms in total. The maximum absolute atomic E-state index is 15.2. The van der Waals surface area contributed by atoms with E-state index in [-0.39, 0.29) is 23.7 Å². The van der Waals surface area contributed by atoms with E-state index in [1.165, 1.54) is 50.7 Å². The number of carboxylic acids is 1. The van der Waals surface area contributed by atoms with Gasteiger partial charge in [-0.05, 0) is 71.0 Å². The van der Waals surface area contributed by atoms with Crippen LogP contribution in [0.3, 0.4) is 0 Å². The second-order valence-corrected chi connectivity index (χ2v) is 10.7. The molecule has 0 aliphatic heterocycles. The van der Waals surface area contributed by atoms with Crippen molar-refractivity contribution in [2.24, 2.45) is 5.92 Å². The lowest BCUT2D eigenvalue weighted by molar-refractivity contribution is 0.0441. The Balaban J connectivity index is 1.79. The van der Waals surface area contributed by atoms with Crippen LogP contribution in [0, 0.1) is 11.7 Å². The van der Waals surface area contributed by atoms with Crippen LogP contribution in [0.2, 0.25) is 0 Å². The zero-order valence-corrected chi connectivity index (χ0v) is 24.6. The molecule has 0 bridgehead atoms. The third kappa shape index (κ3) is 9.73. The quantitative estimate of drug-likeness (QED) is 0.131. The van der Waals surface area contributed by atoms with E-state index < -0.39 is 17.8 Å². The molecule has 0 amide bonds. The fourth-order valence-corrected chi connectivity index (χ4v) is 4.58. The van der Waals surface area contributed by atoms with E-state index in [0.29, 0.717) is 17.9 Å². The van der Waals surface area contributed by atoms with E-state index in [9.17, 15) is 14.7 Å². The predicted octanol–water partition coefficient (Wildman–Crippen LogP) is 9.58. The molecule has 220 valence electrons. The molecule has 0 fully saturated rings. The fourth-order valence-electron chi connectivity index (χ4n) is 4.58. The van der Waals surface area contributed by atoms with Gasteiger partial charge in [-0.25, -0.2) is 14.0 Å². The van der Waals surface area contributed by atoms with Gasteiger partial charge in [0, 0.05) is 0 Å². The number of hydrogen-bond donors (Lipinski definition) is 1. The summed E-state index contributed by atoms with van der Waals surface area (Å²) in [6, 6.07) is 16.7. The van der Waals surface area contributed by atoms with Gasteiger partial charge in [-0.2, -0.15) is 0 Å². The molecule has 0 aliphatic rings. The molecule has 6 heteroatoms. The van der Waals surface area contributed by atoms with Crippen molar-refractivity contribution >= 4 is 11.9 Å². The van der Waals surface area contributed by atoms with Crippen molar-refractivity contribution in [1.82, 2.24) is 0 Å². The Kier molecular flexibility index (Phi) is 12.9. The number of rotatable bonds is 17. The van der Waals surface area contributed by atoms with Crippen LogP contribution >= 0.6 is 0 Å². The van der Waals surface area contributed by atoms with Crippen LogP contribution in [0.25, 0.3) is 22.3 Å². The first kappa shape index (κ1) is 31.9. The lowest BCUT2D eigenvalue weighted by atomic mass is 9.93. The van der Waals surface area contributed by atoms with Gasteiger partial charge in [0.15, 0.2) is 0 Å². The van der Waals surface area contributed by atoms with Crippen molar-refractivity contribution in [3.63, 3.8) is 0 Å². The summed E-state index contributed by atoms with van der Waals surface area (Å²) >= 11 is 0. The van der Waals surface area contributed by atoms with Crippen LogP contribution in [-0.4, -0.2) is 30.3 Å². The summed E-state index contributed by atoms with van der Waals surface area (Å²) in [6.45, 7) is 7.04. The maximum atomic E-state index is 15.2. The van der Waals surface area contributed by atoms with Gasteiger partial charge in [0.25, 0.3) is 0 Å². The summed E-state index contributed by atoms with van der Waals surface area (Å²) in [5, 5.41) is 9.29. The van der Waals surface area contributed by atoms with Gasteiger partial charge >= 0.3 is 11.9 Å². The largest absolute Gasteiger partial charge is 0.494 e. The minimum atomic E-state index is -1.00. The van der Waals surface area contributed by atoms with Gasteiger partial charge in [0.1, 0.15) is 11.6 Å². The number of halogens is 1. The Morgan fingerprint density at radius 2 is 1.46 bits per heavy atom. The van der Waals surface area contributed by atoms with Crippen molar-refractivity contribution in [3.8, 4) is 28.0 Å². The summed E-state index contributed by atoms with van der Waals surface area (Å²) < 4.78 is 26.6. The molecule has 0 spiro atoms. The van der Waals surface area contributed by atoms with E-state index in [2.05, 4.69) is 6.92 Å². The molecular formula is C35H43FO5. The summed E-state index contributed by atoms with van der Waals surface area (Å²) in [6.07, 6.45) is 10.6. The van der Waals surface area contributed by atoms with Crippen LogP contribution in [0.4, 0.5) is 4.39 Å². The van der Waals surface area contributed by atoms with Gasteiger partial charge in [-0.15, -0.1) is 0 Å². The molecule has 1 N–H and O–H groups in total. The smallest absolute Gasteiger partial charge is 0.341 e. The number of esters is 1. The number of ether oxygens (including phenoxy) is 2. The van der Waals surface area contributed by atoms with Gasteiger partial charge in [-0.3, -0.25) is 0 Å². The highest BCUT2D eigenvalue weighted by Crippen LogP contribution is 2.36. The van der Waals surface area contributed by atoms with E-state index in [1.807, 2.05) is 32.0 Å². The SMILES string of the molecule is CCCCCCCCCCOc1ccc(-c2ccc(C(=O)O)cc2)c(-c2ccc(C(=O)OC[C@@H](C)CC)c(F)c2)c1. The molecule has 0 saturated heterocycles. The molecule has 0 unspecified atom stereocenters. The maximum Gasteiger partial charge on any atom is 0.341 e. The fraction of sp³-hybridized carbons (Fsp3) is 0.429. The molecule has 0 aliphatic carbocycles. The number of carbonyl (C=O) groups excluding carboxylic acids is 1. The third-order valence-electron chi connectivity index (χ3n) is 7.40. The zero-order chi connectivity index (χ0) is 29.6. The highest BCUT2D eigenvalue weighted by molar-refractivity contribution is 5.92. The molecule has 0 heterocycles. The molecule has 3 aromatic rings. The van der Waals surface area contributed by atoms with Crippen molar-refractivity contribution in [2.45, 2.75) is 78.6 Å². The number of aromatic carboxylic acids is 1. The van der Waals surface area contributed by atoms with Crippen molar-refractivity contribution in [1.29, 1.82) is 0 Å². The monoisotopic (exact) mass is 562 g/mol. The van der Waals surface area contributed by atoms with Crippen molar-refractivity contribution < 1.29 is 28.6 Å². The first-order valence-corrected chi connectivity index (χ1v) is 14.9. The van der Waals surface area contributed by atoms with Gasteiger partial charge in [-0.1, -0.05) is 96.4 Å². The van der Waals surface area contributed by atoms with Gasteiger partial charge < -0.3 is 14.6 Å². The number of hydrogen-bond acceptors (Lipinski definition) is 4. The second kappa shape index (κ2) is 16.6. The van der Waals surface area contributed by atoms with Crippen LogP contribution in [0.15, 0.2) is 60.7 Å². The first-order valence-electron chi connectivity index (χ1n) is 14.9. The average molecular weight is 563 g/mol. The van der Waals surface area contributed by atoms with E-state index in [4.69, 9.17) is 9.47 Å². The molecule has 41 heavy (non-hydrogen) atoms. The molecule has 0 saturated carbocycles. The first-order chi connectivity index (χ1) is 19.8. The molecule has 0 aromatic heterocycles. The highest BCUT2D eigenvalue weighted by atomic mass is 19.1. The predicted molar refractivity (Wildman–Crippen MR) is 162 cm³/mol. The Morgan fingerprint density at radius 3 is 2.10 bits per heavy atom. The van der Waals surface area contributed by atoms with Gasteiger partial charge in [0.2, 0.25) is 0 Å². The number of carbonyl (C=O) groups is 2. The van der Waals surface area contributed by atoms with Crippen molar-refractivity contribution in [2.75, 3.05) is 13.2 Å². The summed E-state index contributed by atoms with van der Waals surface area (Å²) in [4.78, 5) is 23.8. The van der Waals surface area contributed by atoms with E-state index in [0.717, 1.165) is 36.0 Å². The molecular weight excluding hydrogens is 519 g/mol. The van der Waals surface area contributed by atoms with Crippen LogP contribution in [0.1, 0.15) is 99.3 Å². The average Bonchev–Trinajstić information content (AvgIpc) is 2.98. The Hall–Kier alpha value is -3.67. The van der Waals surface area contributed by atoms with Gasteiger partial charge in [0.05, 0.1) is 24.3 Å². The van der Waals surface area contributed by atoms with Crippen molar-refractivity contribution in [3.05, 3.63) is 77.6 Å². The second-order valence-electron chi connectivity index (χ2n) is 10.7. The molecule has 3 rings (SSSR count). The minimum Gasteiger partial charge on any atom is -0.494 e. The zero-order valence-electron chi connectivity index (χ0n) is 24.6. The Morgan fingerprint density at radius 1 is 0.805 bits per heavy atom. The molecule has 1 atom stereocenters. The van der Waals surface area contributed by atoms with Crippen LogP contribution in [-0.2, 0) is 4.74 Å². The number of carboxylic acid groups (broad SMARTS) is 1. The topological polar surface area (TPSA) is 72.8 Å². The standard InChI is InChI=1S/C35H43FO5/c1-4-6-7-8-9-10-11-12-21-40-29-18-20-30(26-13-15-27(16-14-26)34(37)38)32(23-29)28-17-19-31(33(36)22-28)35(39)41-24-25(3)5-2/h13-20,22-23,25H,4-12,21,24H2,1-3H3,(H,37,38)/t25-/m0/s1. The Labute approximate surface area is 243 Å².